The minimum atomic E-state index is 0.0228. The molecule has 0 spiro atoms. The Kier molecular flexibility index (Phi) is 4.69. The van der Waals surface area contributed by atoms with Crippen LogP contribution in [0.1, 0.15) is 71.1 Å². The Morgan fingerprint density at radius 2 is 1.62 bits per heavy atom. The van der Waals surface area contributed by atoms with E-state index in [1.807, 2.05) is 0 Å². The predicted octanol–water partition coefficient (Wildman–Crippen LogP) is 4.14. The monoisotopic (exact) mass is 224 g/mol. The van der Waals surface area contributed by atoms with Crippen molar-refractivity contribution in [3.8, 4) is 0 Å². The first-order valence-corrected chi connectivity index (χ1v) is 7.49. The molecule has 0 radical (unpaired) electrons. The molecule has 94 valence electrons. The fourth-order valence-electron chi connectivity index (χ4n) is 3.87. The van der Waals surface area contributed by atoms with Gasteiger partial charge in [-0.1, -0.05) is 45.4 Å². The summed E-state index contributed by atoms with van der Waals surface area (Å²) in [6, 6.07) is 0. The molecule has 3 unspecified atom stereocenters. The molecular formula is C15H28O. The smallest absolute Gasteiger partial charge is 0.0596 e. The maximum absolute atomic E-state index is 10.5. The summed E-state index contributed by atoms with van der Waals surface area (Å²) in [4.78, 5) is 0. The Hall–Kier alpha value is -0.0400. The van der Waals surface area contributed by atoms with Crippen LogP contribution in [0.2, 0.25) is 0 Å². The van der Waals surface area contributed by atoms with E-state index in [2.05, 4.69) is 6.92 Å². The second-order valence-electron chi connectivity index (χ2n) is 6.09. The molecule has 2 aliphatic carbocycles. The van der Waals surface area contributed by atoms with Crippen LogP contribution in [0.3, 0.4) is 0 Å². The van der Waals surface area contributed by atoms with Crippen LogP contribution in [0, 0.1) is 17.8 Å². The highest BCUT2D eigenvalue weighted by Gasteiger charge is 2.32. The average Bonchev–Trinajstić information content (AvgIpc) is 2.39. The molecule has 3 atom stereocenters. The molecule has 1 N–H and O–H groups in total. The highest BCUT2D eigenvalue weighted by Crippen LogP contribution is 2.38. The van der Waals surface area contributed by atoms with Gasteiger partial charge in [-0.3, -0.25) is 0 Å². The predicted molar refractivity (Wildman–Crippen MR) is 68.3 cm³/mol. The normalized spacial score (nSPS) is 34.9. The summed E-state index contributed by atoms with van der Waals surface area (Å²) in [6.45, 7) is 2.31. The average molecular weight is 224 g/mol. The van der Waals surface area contributed by atoms with Gasteiger partial charge in [0.25, 0.3) is 0 Å². The largest absolute Gasteiger partial charge is 0.393 e. The van der Waals surface area contributed by atoms with E-state index in [0.29, 0.717) is 11.8 Å². The highest BCUT2D eigenvalue weighted by molar-refractivity contribution is 4.83. The molecule has 0 bridgehead atoms. The summed E-state index contributed by atoms with van der Waals surface area (Å²) >= 11 is 0. The summed E-state index contributed by atoms with van der Waals surface area (Å²) in [5.74, 6) is 2.16. The number of rotatable bonds is 3. The van der Waals surface area contributed by atoms with Crippen LogP contribution >= 0.6 is 0 Å². The maximum atomic E-state index is 10.5. The van der Waals surface area contributed by atoms with Crippen molar-refractivity contribution >= 4 is 0 Å². The Balaban J connectivity index is 1.84. The second-order valence-corrected chi connectivity index (χ2v) is 6.09. The molecular weight excluding hydrogens is 196 g/mol. The van der Waals surface area contributed by atoms with Crippen LogP contribution in [0.25, 0.3) is 0 Å². The standard InChI is InChI=1S/C15H28O/c1-2-12-7-6-10-14(11-12)15(16)13-8-4-3-5-9-13/h12-16H,2-11H2,1H3. The first-order chi connectivity index (χ1) is 7.81. The number of hydrogen-bond donors (Lipinski definition) is 1. The lowest BCUT2D eigenvalue weighted by Gasteiger charge is -2.37. The topological polar surface area (TPSA) is 20.2 Å². The lowest BCUT2D eigenvalue weighted by Crippen LogP contribution is -2.33. The third-order valence-electron chi connectivity index (χ3n) is 5.02. The molecule has 1 heteroatoms. The van der Waals surface area contributed by atoms with Crippen molar-refractivity contribution in [2.24, 2.45) is 17.8 Å². The number of aliphatic hydroxyl groups is 1. The van der Waals surface area contributed by atoms with Crippen LogP contribution in [0.15, 0.2) is 0 Å². The van der Waals surface area contributed by atoms with Gasteiger partial charge in [-0.2, -0.15) is 0 Å². The third-order valence-corrected chi connectivity index (χ3v) is 5.02. The Labute approximate surface area is 101 Å². The van der Waals surface area contributed by atoms with Crippen LogP contribution < -0.4 is 0 Å². The molecule has 2 saturated carbocycles. The van der Waals surface area contributed by atoms with Gasteiger partial charge in [0.15, 0.2) is 0 Å². The SMILES string of the molecule is CCC1CCCC(C(O)C2CCCCC2)C1. The maximum Gasteiger partial charge on any atom is 0.0596 e. The molecule has 2 aliphatic rings. The molecule has 2 rings (SSSR count). The van der Waals surface area contributed by atoms with Crippen molar-refractivity contribution in [1.82, 2.24) is 0 Å². The van der Waals surface area contributed by atoms with E-state index in [9.17, 15) is 5.11 Å². The van der Waals surface area contributed by atoms with Crippen molar-refractivity contribution in [3.63, 3.8) is 0 Å². The van der Waals surface area contributed by atoms with Gasteiger partial charge in [0.1, 0.15) is 0 Å². The summed E-state index contributed by atoms with van der Waals surface area (Å²) in [7, 11) is 0. The molecule has 0 aromatic rings. The van der Waals surface area contributed by atoms with Crippen molar-refractivity contribution in [1.29, 1.82) is 0 Å². The third kappa shape index (κ3) is 3.00. The number of hydrogen-bond acceptors (Lipinski definition) is 1. The zero-order valence-corrected chi connectivity index (χ0v) is 10.8. The van der Waals surface area contributed by atoms with Gasteiger partial charge in [0, 0.05) is 0 Å². The van der Waals surface area contributed by atoms with E-state index in [-0.39, 0.29) is 6.10 Å². The van der Waals surface area contributed by atoms with Crippen LogP contribution in [0.4, 0.5) is 0 Å². The van der Waals surface area contributed by atoms with Gasteiger partial charge in [-0.25, -0.2) is 0 Å². The Morgan fingerprint density at radius 1 is 0.938 bits per heavy atom. The fourth-order valence-corrected chi connectivity index (χ4v) is 3.87. The molecule has 0 heterocycles. The first-order valence-electron chi connectivity index (χ1n) is 7.49. The Morgan fingerprint density at radius 3 is 2.31 bits per heavy atom. The quantitative estimate of drug-likeness (QED) is 0.763. The van der Waals surface area contributed by atoms with Crippen molar-refractivity contribution in [2.45, 2.75) is 77.2 Å². The summed E-state index contributed by atoms with van der Waals surface area (Å²) < 4.78 is 0. The van der Waals surface area contributed by atoms with Gasteiger partial charge < -0.3 is 5.11 Å². The van der Waals surface area contributed by atoms with Gasteiger partial charge in [0.05, 0.1) is 6.10 Å². The highest BCUT2D eigenvalue weighted by atomic mass is 16.3. The van der Waals surface area contributed by atoms with E-state index in [0.717, 1.165) is 5.92 Å². The molecule has 1 nitrogen and oxygen atoms in total. The minimum absolute atomic E-state index is 0.0228. The molecule has 0 aliphatic heterocycles. The summed E-state index contributed by atoms with van der Waals surface area (Å²) in [5.41, 5.74) is 0. The number of aliphatic hydroxyl groups excluding tert-OH is 1. The molecule has 0 saturated heterocycles. The summed E-state index contributed by atoms with van der Waals surface area (Å²) in [5, 5.41) is 10.5. The molecule has 0 amide bonds. The van der Waals surface area contributed by atoms with E-state index < -0.39 is 0 Å². The lowest BCUT2D eigenvalue weighted by molar-refractivity contribution is 0.00855. The van der Waals surface area contributed by atoms with E-state index in [1.165, 1.54) is 64.2 Å². The first kappa shape index (κ1) is 12.4. The van der Waals surface area contributed by atoms with Crippen LogP contribution in [0.5, 0.6) is 0 Å². The van der Waals surface area contributed by atoms with Gasteiger partial charge in [0.2, 0.25) is 0 Å². The van der Waals surface area contributed by atoms with Crippen molar-refractivity contribution < 1.29 is 5.11 Å². The summed E-state index contributed by atoms with van der Waals surface area (Å²) in [6.07, 6.45) is 13.4. The van der Waals surface area contributed by atoms with Crippen LogP contribution in [-0.2, 0) is 0 Å². The minimum Gasteiger partial charge on any atom is -0.393 e. The zero-order chi connectivity index (χ0) is 11.4. The molecule has 2 fully saturated rings. The van der Waals surface area contributed by atoms with E-state index >= 15 is 0 Å². The zero-order valence-electron chi connectivity index (χ0n) is 10.8. The van der Waals surface area contributed by atoms with Gasteiger partial charge in [-0.05, 0) is 43.4 Å². The van der Waals surface area contributed by atoms with E-state index in [4.69, 9.17) is 0 Å². The van der Waals surface area contributed by atoms with Crippen molar-refractivity contribution in [2.75, 3.05) is 0 Å². The van der Waals surface area contributed by atoms with Gasteiger partial charge >= 0.3 is 0 Å². The van der Waals surface area contributed by atoms with E-state index in [1.54, 1.807) is 0 Å². The molecule has 0 aromatic heterocycles. The lowest BCUT2D eigenvalue weighted by atomic mass is 9.72. The molecule has 0 aromatic carbocycles. The van der Waals surface area contributed by atoms with Gasteiger partial charge in [-0.15, -0.1) is 0 Å². The van der Waals surface area contributed by atoms with Crippen LogP contribution in [-0.4, -0.2) is 11.2 Å². The van der Waals surface area contributed by atoms with Crippen molar-refractivity contribution in [3.05, 3.63) is 0 Å². The second kappa shape index (κ2) is 6.05. The fraction of sp³-hybridized carbons (Fsp3) is 1.00. The molecule has 16 heavy (non-hydrogen) atoms. The Bertz CT molecular complexity index is 196.